The van der Waals surface area contributed by atoms with Gasteiger partial charge < -0.3 is 4.90 Å². The van der Waals surface area contributed by atoms with Gasteiger partial charge in [0.25, 0.3) is 5.91 Å². The van der Waals surface area contributed by atoms with E-state index in [1.807, 2.05) is 41.4 Å². The zero-order valence-electron chi connectivity index (χ0n) is 20.6. The molecule has 1 N–H and O–H groups in total. The summed E-state index contributed by atoms with van der Waals surface area (Å²) in [5.74, 6) is -0.534. The first kappa shape index (κ1) is 22.9. The summed E-state index contributed by atoms with van der Waals surface area (Å²) in [5.41, 5.74) is 6.88. The zero-order valence-corrected chi connectivity index (χ0v) is 20.6. The Morgan fingerprint density at radius 2 is 1.87 bits per heavy atom. The normalized spacial score (nSPS) is 13.0. The fourth-order valence-corrected chi connectivity index (χ4v) is 5.01. The summed E-state index contributed by atoms with van der Waals surface area (Å²) in [7, 11) is 0. The summed E-state index contributed by atoms with van der Waals surface area (Å²) < 4.78 is 16.0. The van der Waals surface area contributed by atoms with E-state index < -0.39 is 5.95 Å². The number of pyridine rings is 2. The Labute approximate surface area is 222 Å². The van der Waals surface area contributed by atoms with Crippen molar-refractivity contribution in [3.05, 3.63) is 108 Å². The molecule has 5 heterocycles. The minimum absolute atomic E-state index is 0.00700. The Balaban J connectivity index is 1.18. The van der Waals surface area contributed by atoms with Crippen molar-refractivity contribution < 1.29 is 9.18 Å². The van der Waals surface area contributed by atoms with Crippen molar-refractivity contribution in [3.8, 4) is 28.2 Å². The van der Waals surface area contributed by atoms with Gasteiger partial charge in [0.15, 0.2) is 0 Å². The van der Waals surface area contributed by atoms with Gasteiger partial charge in [-0.1, -0.05) is 17.3 Å². The zero-order chi connectivity index (χ0) is 26.3. The second-order valence-corrected chi connectivity index (χ2v) is 9.39. The molecule has 4 aromatic heterocycles. The van der Waals surface area contributed by atoms with Crippen LogP contribution in [0.2, 0.25) is 0 Å². The molecule has 0 unspecified atom stereocenters. The molecule has 0 atom stereocenters. The first-order valence-electron chi connectivity index (χ1n) is 12.5. The second kappa shape index (κ2) is 9.25. The van der Waals surface area contributed by atoms with Crippen LogP contribution in [-0.2, 0) is 13.0 Å². The Kier molecular flexibility index (Phi) is 5.43. The van der Waals surface area contributed by atoms with E-state index in [0.717, 1.165) is 28.6 Å². The minimum atomic E-state index is -0.527. The molecular formula is C29H21FN8O. The number of nitrogens with one attached hydrogen (secondary N) is 1. The summed E-state index contributed by atoms with van der Waals surface area (Å²) in [6.07, 6.45) is 7.29. The van der Waals surface area contributed by atoms with Gasteiger partial charge in [-0.15, -0.1) is 5.10 Å². The highest BCUT2D eigenvalue weighted by Gasteiger charge is 2.23. The topological polar surface area (TPSA) is 105 Å². The number of carbonyl (C=O) groups is 1. The maximum atomic E-state index is 14.3. The molecule has 1 aliphatic heterocycles. The van der Waals surface area contributed by atoms with Gasteiger partial charge in [0, 0.05) is 48.2 Å². The largest absolute Gasteiger partial charge is 0.334 e. The van der Waals surface area contributed by atoms with Crippen LogP contribution in [0.3, 0.4) is 0 Å². The number of aromatic amines is 1. The summed E-state index contributed by atoms with van der Waals surface area (Å²) in [6.45, 7) is 1.18. The van der Waals surface area contributed by atoms with Crippen molar-refractivity contribution in [1.82, 2.24) is 40.1 Å². The summed E-state index contributed by atoms with van der Waals surface area (Å²) >= 11 is 0. The van der Waals surface area contributed by atoms with Crippen LogP contribution in [-0.4, -0.2) is 52.5 Å². The van der Waals surface area contributed by atoms with Crippen LogP contribution in [0.5, 0.6) is 0 Å². The molecule has 0 spiro atoms. The Bertz CT molecular complexity index is 1850. The minimum Gasteiger partial charge on any atom is -0.334 e. The lowest BCUT2D eigenvalue weighted by molar-refractivity contribution is 0.0734. The highest BCUT2D eigenvalue weighted by atomic mass is 19.1. The van der Waals surface area contributed by atoms with E-state index in [9.17, 15) is 9.18 Å². The number of hydrogen-bond donors (Lipinski definition) is 1. The van der Waals surface area contributed by atoms with Crippen LogP contribution in [0.15, 0.2) is 85.5 Å². The molecule has 0 saturated carbocycles. The number of fused-ring (bicyclic) bond motifs is 2. The highest BCUT2D eigenvalue weighted by molar-refractivity contribution is 5.95. The standard InChI is InChI=1S/C29H21FN8O/c30-28-23(2-1-10-32-28)20-4-6-25-24(15-20)27(35-33-25)26-17-38(36-34-26)22-5-3-18-9-13-37(16-21(18)14-22)29(39)19-7-11-31-12-8-19/h1-8,10-12,14-15,17H,9,13,16H2,(H,33,35). The molecule has 0 aliphatic carbocycles. The quantitative estimate of drug-likeness (QED) is 0.343. The molecule has 0 radical (unpaired) electrons. The van der Waals surface area contributed by atoms with Crippen molar-refractivity contribution in [3.63, 3.8) is 0 Å². The number of nitrogens with zero attached hydrogens (tertiary/aromatic N) is 7. The molecule has 0 bridgehead atoms. The van der Waals surface area contributed by atoms with Gasteiger partial charge in [-0.05, 0) is 71.6 Å². The van der Waals surface area contributed by atoms with Crippen LogP contribution in [0.4, 0.5) is 4.39 Å². The SMILES string of the molecule is O=C(c1ccncc1)N1CCc2ccc(-n3cc(-c4n[nH]c5ccc(-c6cccnc6F)cc45)nn3)cc2C1. The van der Waals surface area contributed by atoms with Crippen LogP contribution in [0.25, 0.3) is 39.1 Å². The molecule has 9 nitrogen and oxygen atoms in total. The first-order chi connectivity index (χ1) is 19.1. The molecule has 1 amide bonds. The van der Waals surface area contributed by atoms with Gasteiger partial charge in [-0.2, -0.15) is 9.49 Å². The van der Waals surface area contributed by atoms with E-state index in [1.54, 1.807) is 41.3 Å². The molecular weight excluding hydrogens is 495 g/mol. The Morgan fingerprint density at radius 1 is 0.974 bits per heavy atom. The lowest BCUT2D eigenvalue weighted by Crippen LogP contribution is -2.36. The average molecular weight is 517 g/mol. The number of rotatable bonds is 4. The van der Waals surface area contributed by atoms with Crippen molar-refractivity contribution >= 4 is 16.8 Å². The van der Waals surface area contributed by atoms with Crippen LogP contribution < -0.4 is 0 Å². The lowest BCUT2D eigenvalue weighted by Gasteiger charge is -2.29. The van der Waals surface area contributed by atoms with Gasteiger partial charge in [0.1, 0.15) is 11.4 Å². The monoisotopic (exact) mass is 516 g/mol. The van der Waals surface area contributed by atoms with E-state index in [1.165, 1.54) is 11.8 Å². The van der Waals surface area contributed by atoms with E-state index in [0.29, 0.717) is 41.2 Å². The highest BCUT2D eigenvalue weighted by Crippen LogP contribution is 2.31. The maximum Gasteiger partial charge on any atom is 0.254 e. The van der Waals surface area contributed by atoms with Crippen LogP contribution in [0, 0.1) is 5.95 Å². The summed E-state index contributed by atoms with van der Waals surface area (Å²) in [4.78, 5) is 22.6. The summed E-state index contributed by atoms with van der Waals surface area (Å²) in [6, 6.07) is 18.6. The van der Waals surface area contributed by atoms with Gasteiger partial charge in [-0.3, -0.25) is 14.9 Å². The third kappa shape index (κ3) is 4.11. The number of carbonyl (C=O) groups excluding carboxylic acids is 1. The van der Waals surface area contributed by atoms with Gasteiger partial charge in [-0.25, -0.2) is 9.67 Å². The molecule has 7 rings (SSSR count). The summed E-state index contributed by atoms with van der Waals surface area (Å²) in [5, 5.41) is 17.0. The van der Waals surface area contributed by atoms with Gasteiger partial charge >= 0.3 is 0 Å². The van der Waals surface area contributed by atoms with Crippen molar-refractivity contribution in [2.24, 2.45) is 0 Å². The molecule has 0 saturated heterocycles. The van der Waals surface area contributed by atoms with E-state index in [4.69, 9.17) is 0 Å². The first-order valence-corrected chi connectivity index (χ1v) is 12.5. The molecule has 190 valence electrons. The predicted octanol–water partition coefficient (Wildman–Crippen LogP) is 4.61. The molecule has 10 heteroatoms. The Morgan fingerprint density at radius 3 is 2.74 bits per heavy atom. The van der Waals surface area contributed by atoms with E-state index in [-0.39, 0.29) is 5.91 Å². The number of benzene rings is 2. The smallest absolute Gasteiger partial charge is 0.254 e. The van der Waals surface area contributed by atoms with Gasteiger partial charge in [0.05, 0.1) is 17.4 Å². The van der Waals surface area contributed by atoms with Crippen molar-refractivity contribution in [2.75, 3.05) is 6.54 Å². The average Bonchev–Trinajstić information content (AvgIpc) is 3.64. The lowest BCUT2D eigenvalue weighted by atomic mass is 9.98. The Hall–Kier alpha value is -5.25. The van der Waals surface area contributed by atoms with Crippen LogP contribution in [0.1, 0.15) is 21.5 Å². The van der Waals surface area contributed by atoms with Crippen LogP contribution >= 0.6 is 0 Å². The van der Waals surface area contributed by atoms with Gasteiger partial charge in [0.2, 0.25) is 5.95 Å². The number of aromatic nitrogens is 7. The second-order valence-electron chi connectivity index (χ2n) is 9.39. The fourth-order valence-electron chi connectivity index (χ4n) is 5.01. The molecule has 0 fully saturated rings. The molecule has 2 aromatic carbocycles. The predicted molar refractivity (Wildman–Crippen MR) is 142 cm³/mol. The van der Waals surface area contributed by atoms with Crippen molar-refractivity contribution in [2.45, 2.75) is 13.0 Å². The molecule has 1 aliphatic rings. The third-order valence-electron chi connectivity index (χ3n) is 7.05. The third-order valence-corrected chi connectivity index (χ3v) is 7.05. The maximum absolute atomic E-state index is 14.3. The number of hydrogen-bond acceptors (Lipinski definition) is 6. The number of H-pyrrole nitrogens is 1. The van der Waals surface area contributed by atoms with E-state index >= 15 is 0 Å². The fraction of sp³-hybridized carbons (Fsp3) is 0.103. The number of amides is 1. The van der Waals surface area contributed by atoms with E-state index in [2.05, 4.69) is 36.5 Å². The number of halogens is 1. The molecule has 39 heavy (non-hydrogen) atoms. The van der Waals surface area contributed by atoms with Crippen molar-refractivity contribution in [1.29, 1.82) is 0 Å². The molecule has 6 aromatic rings.